The van der Waals surface area contributed by atoms with Crippen molar-refractivity contribution in [2.75, 3.05) is 4.90 Å². The topological polar surface area (TPSA) is 16.4 Å². The number of nitrogens with zero attached hydrogens (tertiary/aromatic N) is 1. The molecular weight excluding hydrogens is 691 g/mol. The summed E-state index contributed by atoms with van der Waals surface area (Å²) in [5.74, 6) is 0.900. The summed E-state index contributed by atoms with van der Waals surface area (Å²) in [5.41, 5.74) is 11.1. The molecule has 0 radical (unpaired) electrons. The van der Waals surface area contributed by atoms with E-state index in [0.29, 0.717) is 0 Å². The highest BCUT2D eigenvalue weighted by Gasteiger charge is 2.18. The third-order valence-corrected chi connectivity index (χ3v) is 11.6. The van der Waals surface area contributed by atoms with Crippen molar-refractivity contribution in [3.8, 4) is 33.6 Å². The van der Waals surface area contributed by atoms with Crippen LogP contribution in [-0.4, -0.2) is 0 Å². The van der Waals surface area contributed by atoms with Crippen molar-refractivity contribution in [2.45, 2.75) is 6.92 Å². The van der Waals surface area contributed by atoms with E-state index in [1.165, 1.54) is 65.3 Å². The molecule has 268 valence electrons. The van der Waals surface area contributed by atoms with Gasteiger partial charge in [0.25, 0.3) is 0 Å². The first-order valence-electron chi connectivity index (χ1n) is 19.6. The van der Waals surface area contributed by atoms with Crippen molar-refractivity contribution in [1.29, 1.82) is 0 Å². The first-order chi connectivity index (χ1) is 28.1. The van der Waals surface area contributed by atoms with Crippen LogP contribution in [0, 0.1) is 6.92 Å². The van der Waals surface area contributed by atoms with Gasteiger partial charge >= 0.3 is 0 Å². The highest BCUT2D eigenvalue weighted by Crippen LogP contribution is 2.41. The number of furan rings is 1. The first kappa shape index (κ1) is 33.0. The lowest BCUT2D eigenvalue weighted by atomic mass is 9.97. The maximum absolute atomic E-state index is 6.45. The normalized spacial score (nSPS) is 11.6. The number of anilines is 3. The lowest BCUT2D eigenvalue weighted by Gasteiger charge is -2.26. The molecule has 0 bridgehead atoms. The number of benzene rings is 10. The van der Waals surface area contributed by atoms with Crippen LogP contribution < -0.4 is 4.90 Å². The van der Waals surface area contributed by atoms with Gasteiger partial charge in [0, 0.05) is 33.6 Å². The van der Waals surface area contributed by atoms with Crippen molar-refractivity contribution >= 4 is 71.1 Å². The predicted molar refractivity (Wildman–Crippen MR) is 242 cm³/mol. The molecule has 0 aliphatic carbocycles. The van der Waals surface area contributed by atoms with Gasteiger partial charge < -0.3 is 9.32 Å². The number of aryl methyl sites for hydroxylation is 1. The van der Waals surface area contributed by atoms with Crippen molar-refractivity contribution in [3.05, 3.63) is 212 Å². The summed E-state index contributed by atoms with van der Waals surface area (Å²) in [6.07, 6.45) is 0. The Morgan fingerprint density at radius 1 is 0.316 bits per heavy atom. The molecule has 2 nitrogen and oxygen atoms in total. The van der Waals surface area contributed by atoms with Crippen LogP contribution in [0.4, 0.5) is 17.1 Å². The fourth-order valence-electron chi connectivity index (χ4n) is 8.67. The summed E-state index contributed by atoms with van der Waals surface area (Å²) in [6, 6.07) is 74.6. The van der Waals surface area contributed by atoms with E-state index < -0.39 is 0 Å². The van der Waals surface area contributed by atoms with Crippen LogP contribution in [0.1, 0.15) is 5.56 Å². The van der Waals surface area contributed by atoms with Crippen LogP contribution in [0.15, 0.2) is 211 Å². The molecule has 0 unspecified atom stereocenters. The van der Waals surface area contributed by atoms with Gasteiger partial charge in [0.05, 0.1) is 0 Å². The van der Waals surface area contributed by atoms with Gasteiger partial charge in [-0.15, -0.1) is 0 Å². The molecule has 2 heteroatoms. The molecule has 0 N–H and O–H groups in total. The summed E-state index contributed by atoms with van der Waals surface area (Å²) in [4.78, 5) is 2.34. The van der Waals surface area contributed by atoms with Crippen molar-refractivity contribution in [3.63, 3.8) is 0 Å². The van der Waals surface area contributed by atoms with Crippen molar-refractivity contribution in [2.24, 2.45) is 0 Å². The zero-order chi connectivity index (χ0) is 37.9. The van der Waals surface area contributed by atoms with Gasteiger partial charge in [-0.1, -0.05) is 152 Å². The van der Waals surface area contributed by atoms with Gasteiger partial charge in [-0.2, -0.15) is 0 Å². The number of hydrogen-bond acceptors (Lipinski definition) is 2. The monoisotopic (exact) mass is 727 g/mol. The van der Waals surface area contributed by atoms with E-state index in [2.05, 4.69) is 206 Å². The Kier molecular flexibility index (Phi) is 7.75. The van der Waals surface area contributed by atoms with Gasteiger partial charge in [0.1, 0.15) is 11.3 Å². The Labute approximate surface area is 331 Å². The highest BCUT2D eigenvalue weighted by atomic mass is 16.3. The molecule has 0 atom stereocenters. The van der Waals surface area contributed by atoms with E-state index in [1.54, 1.807) is 0 Å². The number of hydrogen-bond donors (Lipinski definition) is 0. The van der Waals surface area contributed by atoms with E-state index in [-0.39, 0.29) is 0 Å². The molecule has 0 saturated carbocycles. The molecule has 0 saturated heterocycles. The van der Waals surface area contributed by atoms with Crippen LogP contribution in [0.3, 0.4) is 0 Å². The third-order valence-electron chi connectivity index (χ3n) is 11.6. The fourth-order valence-corrected chi connectivity index (χ4v) is 8.67. The molecule has 57 heavy (non-hydrogen) atoms. The molecule has 11 aromatic rings. The van der Waals surface area contributed by atoms with Gasteiger partial charge in [0.2, 0.25) is 0 Å². The predicted octanol–water partition coefficient (Wildman–Crippen LogP) is 15.8. The van der Waals surface area contributed by atoms with Gasteiger partial charge in [-0.05, 0) is 127 Å². The molecule has 0 aliphatic rings. The Bertz CT molecular complexity index is 3140. The zero-order valence-electron chi connectivity index (χ0n) is 31.5. The van der Waals surface area contributed by atoms with Crippen molar-refractivity contribution < 1.29 is 4.42 Å². The van der Waals surface area contributed by atoms with E-state index in [9.17, 15) is 0 Å². The maximum Gasteiger partial charge on any atom is 0.138 e. The summed E-state index contributed by atoms with van der Waals surface area (Å²) in [6.45, 7) is 2.15. The van der Waals surface area contributed by atoms with E-state index in [0.717, 1.165) is 44.9 Å². The van der Waals surface area contributed by atoms with Crippen molar-refractivity contribution in [1.82, 2.24) is 0 Å². The Balaban J connectivity index is 0.987. The van der Waals surface area contributed by atoms with E-state index >= 15 is 0 Å². The minimum absolute atomic E-state index is 0.900. The minimum atomic E-state index is 0.900. The SMILES string of the molecule is Cc1c(-c2cccc(N(c3ccc(-c4ccc5c(ccc6ccccc65)c4)cc3)c3ccc(-c4ccc5c(ccc6ccccc65)c4)cc3)c2)oc2ccccc12. The molecule has 1 heterocycles. The smallest absolute Gasteiger partial charge is 0.138 e. The number of fused-ring (bicyclic) bond motifs is 7. The van der Waals surface area contributed by atoms with E-state index in [1.807, 2.05) is 12.1 Å². The molecule has 0 aliphatic heterocycles. The van der Waals surface area contributed by atoms with Crippen LogP contribution >= 0.6 is 0 Å². The molecule has 10 aromatic carbocycles. The van der Waals surface area contributed by atoms with Crippen LogP contribution in [-0.2, 0) is 0 Å². The third kappa shape index (κ3) is 5.73. The molecule has 0 spiro atoms. The largest absolute Gasteiger partial charge is 0.456 e. The number of para-hydroxylation sites is 1. The van der Waals surface area contributed by atoms with Crippen LogP contribution in [0.5, 0.6) is 0 Å². The van der Waals surface area contributed by atoms with Crippen LogP contribution in [0.2, 0.25) is 0 Å². The standard InChI is InChI=1S/C55H37NO/c1-36-49-13-6-7-16-54(49)57-55(36)45-11-8-12-48(35-45)56(46-27-21-37(22-28-46)41-25-31-52-43(33-41)19-17-39-9-2-4-14-50(39)52)47-29-23-38(24-30-47)42-26-32-53-44(34-42)20-18-40-10-3-5-15-51(40)53/h2-35H,1H3. The molecule has 1 aromatic heterocycles. The summed E-state index contributed by atoms with van der Waals surface area (Å²) in [5, 5.41) is 11.3. The molecular formula is C55H37NO. The summed E-state index contributed by atoms with van der Waals surface area (Å²) < 4.78 is 6.45. The van der Waals surface area contributed by atoms with Gasteiger partial charge in [-0.25, -0.2) is 0 Å². The second-order valence-corrected chi connectivity index (χ2v) is 15.0. The Hall–Kier alpha value is -7.42. The van der Waals surface area contributed by atoms with Gasteiger partial charge in [0.15, 0.2) is 0 Å². The zero-order valence-corrected chi connectivity index (χ0v) is 31.5. The van der Waals surface area contributed by atoms with E-state index in [4.69, 9.17) is 4.42 Å². The quantitative estimate of drug-likeness (QED) is 0.159. The first-order valence-corrected chi connectivity index (χ1v) is 19.6. The lowest BCUT2D eigenvalue weighted by Crippen LogP contribution is -2.10. The summed E-state index contributed by atoms with van der Waals surface area (Å²) >= 11 is 0. The molecule has 0 fully saturated rings. The molecule has 11 rings (SSSR count). The van der Waals surface area contributed by atoms with Gasteiger partial charge in [-0.3, -0.25) is 0 Å². The Morgan fingerprint density at radius 3 is 1.35 bits per heavy atom. The molecule has 0 amide bonds. The second kappa shape index (κ2) is 13.4. The average molecular weight is 728 g/mol. The van der Waals surface area contributed by atoms with Crippen LogP contribution in [0.25, 0.3) is 87.6 Å². The number of rotatable bonds is 6. The highest BCUT2D eigenvalue weighted by molar-refractivity contribution is 6.09. The Morgan fingerprint density at radius 2 is 0.789 bits per heavy atom. The summed E-state index contributed by atoms with van der Waals surface area (Å²) in [7, 11) is 0. The lowest BCUT2D eigenvalue weighted by molar-refractivity contribution is 0.629. The second-order valence-electron chi connectivity index (χ2n) is 15.0. The average Bonchev–Trinajstić information content (AvgIpc) is 3.62. The minimum Gasteiger partial charge on any atom is -0.456 e. The fraction of sp³-hybridized carbons (Fsp3) is 0.0182. The maximum atomic E-state index is 6.45.